The third-order valence-electron chi connectivity index (χ3n) is 5.56. The molecule has 0 spiro atoms. The lowest BCUT2D eigenvalue weighted by atomic mass is 10.0. The summed E-state index contributed by atoms with van der Waals surface area (Å²) >= 11 is 0. The number of ether oxygens (including phenoxy) is 1. The van der Waals surface area contributed by atoms with E-state index in [1.165, 1.54) is 12.0 Å². The lowest BCUT2D eigenvalue weighted by molar-refractivity contribution is 0.0564. The number of hydrogen-bond donors (Lipinski definition) is 0. The Kier molecular flexibility index (Phi) is 6.40. The van der Waals surface area contributed by atoms with Gasteiger partial charge in [0.05, 0.1) is 0 Å². The minimum atomic E-state index is -0.509. The van der Waals surface area contributed by atoms with Crippen molar-refractivity contribution in [2.24, 2.45) is 0 Å². The highest BCUT2D eigenvalue weighted by atomic mass is 16.6. The smallest absolute Gasteiger partial charge is 0.416 e. The monoisotopic (exact) mass is 373 g/mol. The lowest BCUT2D eigenvalue weighted by Crippen LogP contribution is -2.44. The summed E-state index contributed by atoms with van der Waals surface area (Å²) in [6.07, 6.45) is 9.41. The molecule has 5 heteroatoms. The number of hydrogen-bond acceptors (Lipinski definition) is 4. The van der Waals surface area contributed by atoms with Gasteiger partial charge in [-0.1, -0.05) is 25.8 Å². The zero-order chi connectivity index (χ0) is 19.4. The van der Waals surface area contributed by atoms with E-state index < -0.39 is 5.60 Å². The number of anilines is 1. The largest absolute Gasteiger partial charge is 0.443 e. The summed E-state index contributed by atoms with van der Waals surface area (Å²) in [6, 6.07) is 4.70. The second-order valence-corrected chi connectivity index (χ2v) is 8.90. The topological polar surface area (TPSA) is 45.7 Å². The average Bonchev–Trinajstić information content (AvgIpc) is 3.26. The number of rotatable bonds is 5. The molecule has 150 valence electrons. The van der Waals surface area contributed by atoms with Crippen LogP contribution in [0.4, 0.5) is 10.6 Å². The lowest BCUT2D eigenvalue weighted by Gasteiger charge is -2.34. The predicted molar refractivity (Wildman–Crippen MR) is 109 cm³/mol. The fraction of sp³-hybridized carbons (Fsp3) is 0.727. The number of carbonyl (C=O) groups is 1. The van der Waals surface area contributed by atoms with E-state index in [1.54, 1.807) is 0 Å². The number of aromatic nitrogens is 1. The van der Waals surface area contributed by atoms with Crippen LogP contribution in [0.2, 0.25) is 0 Å². The summed E-state index contributed by atoms with van der Waals surface area (Å²) in [4.78, 5) is 22.3. The number of amides is 1. The molecule has 5 nitrogen and oxygen atoms in total. The molecule has 1 atom stereocenters. The highest BCUT2D eigenvalue weighted by molar-refractivity contribution is 5.88. The molecule has 0 radical (unpaired) electrons. The molecule has 1 saturated heterocycles. The summed E-state index contributed by atoms with van der Waals surface area (Å²) in [5, 5.41) is 0. The van der Waals surface area contributed by atoms with Crippen LogP contribution in [0, 0.1) is 0 Å². The van der Waals surface area contributed by atoms with Gasteiger partial charge in [-0.25, -0.2) is 9.78 Å². The van der Waals surface area contributed by atoms with Gasteiger partial charge in [0, 0.05) is 23.8 Å². The third kappa shape index (κ3) is 4.81. The van der Waals surface area contributed by atoms with Gasteiger partial charge in [-0.05, 0) is 72.0 Å². The molecule has 1 aliphatic carbocycles. The van der Waals surface area contributed by atoms with Crippen LogP contribution in [0.3, 0.4) is 0 Å². The summed E-state index contributed by atoms with van der Waals surface area (Å²) < 4.78 is 5.79. The van der Waals surface area contributed by atoms with Gasteiger partial charge in [-0.2, -0.15) is 0 Å². The molecule has 0 bridgehead atoms. The minimum Gasteiger partial charge on any atom is -0.443 e. The molecule has 2 aliphatic rings. The Bertz CT molecular complexity index is 635. The van der Waals surface area contributed by atoms with Crippen molar-refractivity contribution in [2.45, 2.75) is 90.3 Å². The standard InChI is InChI=1S/C22H35N3O2/c1-5-15-24-16-9-13-19(24)18-12-8-14-23-20(18)25(17-10-6-7-11-17)21(26)27-22(2,3)4/h8,12,14,17,19H,5-7,9-11,13,15-16H2,1-4H3/t19-/m1/s1. The van der Waals surface area contributed by atoms with Gasteiger partial charge in [0.15, 0.2) is 0 Å². The Balaban J connectivity index is 1.96. The van der Waals surface area contributed by atoms with Gasteiger partial charge in [0.2, 0.25) is 0 Å². The predicted octanol–water partition coefficient (Wildman–Crippen LogP) is 5.31. The Labute approximate surface area is 164 Å². The van der Waals surface area contributed by atoms with E-state index in [2.05, 4.69) is 17.9 Å². The van der Waals surface area contributed by atoms with Crippen LogP contribution in [0.5, 0.6) is 0 Å². The molecule has 2 fully saturated rings. The molecule has 2 heterocycles. The molecule has 1 amide bonds. The van der Waals surface area contributed by atoms with Gasteiger partial charge in [-0.3, -0.25) is 9.80 Å². The van der Waals surface area contributed by atoms with E-state index in [4.69, 9.17) is 9.72 Å². The second-order valence-electron chi connectivity index (χ2n) is 8.90. The first-order valence-electron chi connectivity index (χ1n) is 10.6. The van der Waals surface area contributed by atoms with E-state index in [-0.39, 0.29) is 12.1 Å². The zero-order valence-electron chi connectivity index (χ0n) is 17.4. The minimum absolute atomic E-state index is 0.189. The summed E-state index contributed by atoms with van der Waals surface area (Å²) in [5.74, 6) is 0.812. The molecule has 1 aromatic rings. The molecular weight excluding hydrogens is 338 g/mol. The van der Waals surface area contributed by atoms with Gasteiger partial charge in [0.25, 0.3) is 0 Å². The first kappa shape index (κ1) is 20.1. The van der Waals surface area contributed by atoms with E-state index in [9.17, 15) is 4.79 Å². The van der Waals surface area contributed by atoms with Crippen LogP contribution < -0.4 is 4.90 Å². The van der Waals surface area contributed by atoms with E-state index in [0.717, 1.165) is 57.4 Å². The van der Waals surface area contributed by atoms with Crippen molar-refractivity contribution in [2.75, 3.05) is 18.0 Å². The first-order chi connectivity index (χ1) is 12.9. The Morgan fingerprint density at radius 2 is 2.00 bits per heavy atom. The van der Waals surface area contributed by atoms with Crippen molar-refractivity contribution in [3.05, 3.63) is 23.9 Å². The van der Waals surface area contributed by atoms with Crippen LogP contribution in [0.1, 0.15) is 84.2 Å². The highest BCUT2D eigenvalue weighted by Gasteiger charge is 2.36. The maximum Gasteiger partial charge on any atom is 0.416 e. The van der Waals surface area contributed by atoms with Crippen molar-refractivity contribution in [3.63, 3.8) is 0 Å². The fourth-order valence-corrected chi connectivity index (χ4v) is 4.49. The average molecular weight is 374 g/mol. The van der Waals surface area contributed by atoms with Crippen molar-refractivity contribution < 1.29 is 9.53 Å². The van der Waals surface area contributed by atoms with Crippen LogP contribution >= 0.6 is 0 Å². The van der Waals surface area contributed by atoms with Gasteiger partial charge < -0.3 is 4.74 Å². The van der Waals surface area contributed by atoms with Crippen molar-refractivity contribution in [3.8, 4) is 0 Å². The number of pyridine rings is 1. The Hall–Kier alpha value is -1.62. The van der Waals surface area contributed by atoms with E-state index in [0.29, 0.717) is 6.04 Å². The van der Waals surface area contributed by atoms with Crippen LogP contribution in [0.25, 0.3) is 0 Å². The summed E-state index contributed by atoms with van der Waals surface area (Å²) in [5.41, 5.74) is 0.672. The summed E-state index contributed by atoms with van der Waals surface area (Å²) in [7, 11) is 0. The van der Waals surface area contributed by atoms with Crippen molar-refractivity contribution in [1.82, 2.24) is 9.88 Å². The third-order valence-corrected chi connectivity index (χ3v) is 5.56. The van der Waals surface area contributed by atoms with Crippen LogP contribution in [-0.4, -0.2) is 40.7 Å². The highest BCUT2D eigenvalue weighted by Crippen LogP contribution is 2.39. The zero-order valence-corrected chi connectivity index (χ0v) is 17.4. The number of nitrogens with zero attached hydrogens (tertiary/aromatic N) is 3. The molecule has 27 heavy (non-hydrogen) atoms. The van der Waals surface area contributed by atoms with E-state index in [1.807, 2.05) is 37.9 Å². The Morgan fingerprint density at radius 1 is 1.26 bits per heavy atom. The molecule has 0 unspecified atom stereocenters. The number of likely N-dealkylation sites (tertiary alicyclic amines) is 1. The molecule has 3 rings (SSSR count). The molecule has 0 aromatic carbocycles. The maximum absolute atomic E-state index is 13.2. The molecule has 1 saturated carbocycles. The first-order valence-corrected chi connectivity index (χ1v) is 10.6. The fourth-order valence-electron chi connectivity index (χ4n) is 4.49. The van der Waals surface area contributed by atoms with Crippen LogP contribution in [-0.2, 0) is 4.74 Å². The van der Waals surface area contributed by atoms with Gasteiger partial charge in [0.1, 0.15) is 11.4 Å². The molecule has 1 aliphatic heterocycles. The molecule has 1 aromatic heterocycles. The SMILES string of the molecule is CCCN1CCC[C@@H]1c1cccnc1N(C(=O)OC(C)(C)C)C1CCCC1. The normalized spacial score (nSPS) is 21.6. The van der Waals surface area contributed by atoms with E-state index >= 15 is 0 Å². The number of carbonyl (C=O) groups excluding carboxylic acids is 1. The Morgan fingerprint density at radius 3 is 2.67 bits per heavy atom. The maximum atomic E-state index is 13.2. The molecular formula is C22H35N3O2. The summed E-state index contributed by atoms with van der Waals surface area (Å²) in [6.45, 7) is 10.2. The van der Waals surface area contributed by atoms with Gasteiger partial charge >= 0.3 is 6.09 Å². The van der Waals surface area contributed by atoms with Crippen molar-refractivity contribution >= 4 is 11.9 Å². The van der Waals surface area contributed by atoms with Crippen molar-refractivity contribution in [1.29, 1.82) is 0 Å². The quantitative estimate of drug-likeness (QED) is 0.701. The van der Waals surface area contributed by atoms with Gasteiger partial charge in [-0.15, -0.1) is 0 Å². The second kappa shape index (κ2) is 8.59. The van der Waals surface area contributed by atoms with Crippen LogP contribution in [0.15, 0.2) is 18.3 Å². The molecule has 0 N–H and O–H groups in total.